The van der Waals surface area contributed by atoms with Crippen molar-refractivity contribution in [3.63, 3.8) is 0 Å². The minimum atomic E-state index is -0.719. The van der Waals surface area contributed by atoms with E-state index in [0.29, 0.717) is 35.0 Å². The normalized spacial score (nSPS) is 10.2. The second kappa shape index (κ2) is 10.1. The number of rotatable bonds is 9. The summed E-state index contributed by atoms with van der Waals surface area (Å²) in [6.07, 6.45) is 1.63. The number of hydrogen-bond donors (Lipinski definition) is 3. The summed E-state index contributed by atoms with van der Waals surface area (Å²) in [7, 11) is 1.57. The van der Waals surface area contributed by atoms with E-state index in [4.69, 9.17) is 15.2 Å². The van der Waals surface area contributed by atoms with Gasteiger partial charge in [0.2, 0.25) is 11.8 Å². The molecule has 0 saturated heterocycles. The molecule has 0 fully saturated rings. The number of aryl methyl sites for hydroxylation is 1. The monoisotopic (exact) mass is 433 g/mol. The van der Waals surface area contributed by atoms with E-state index >= 15 is 0 Å². The quantitative estimate of drug-likeness (QED) is 0.438. The number of nitrogens with one attached hydrogen (secondary N) is 2. The van der Waals surface area contributed by atoms with E-state index in [1.807, 2.05) is 6.92 Å². The fraction of sp³-hybridized carbons (Fsp3) is 0.130. The zero-order chi connectivity index (χ0) is 23.1. The van der Waals surface area contributed by atoms with Gasteiger partial charge in [0.1, 0.15) is 17.2 Å². The van der Waals surface area contributed by atoms with Crippen molar-refractivity contribution in [1.82, 2.24) is 9.97 Å². The first-order chi connectivity index (χ1) is 15.4. The van der Waals surface area contributed by atoms with Gasteiger partial charge >= 0.3 is 0 Å². The molecule has 4 N–H and O–H groups in total. The molecule has 0 radical (unpaired) electrons. The van der Waals surface area contributed by atoms with Gasteiger partial charge in [-0.25, -0.2) is 4.98 Å². The van der Waals surface area contributed by atoms with Crippen LogP contribution in [0.3, 0.4) is 0 Å². The van der Waals surface area contributed by atoms with Crippen molar-refractivity contribution < 1.29 is 19.1 Å². The van der Waals surface area contributed by atoms with Crippen LogP contribution >= 0.6 is 0 Å². The van der Waals surface area contributed by atoms with Crippen molar-refractivity contribution in [2.75, 3.05) is 17.7 Å². The van der Waals surface area contributed by atoms with Crippen LogP contribution in [-0.4, -0.2) is 28.9 Å². The molecule has 0 spiro atoms. The molecule has 3 aromatic rings. The summed E-state index contributed by atoms with van der Waals surface area (Å²) in [5, 5.41) is 5.72. The number of amides is 2. The zero-order valence-electron chi connectivity index (χ0n) is 17.7. The van der Waals surface area contributed by atoms with Crippen molar-refractivity contribution in [1.29, 1.82) is 0 Å². The molecule has 0 aliphatic rings. The van der Waals surface area contributed by atoms with Crippen LogP contribution in [0.25, 0.3) is 0 Å². The summed E-state index contributed by atoms with van der Waals surface area (Å²) >= 11 is 0. The van der Waals surface area contributed by atoms with E-state index in [-0.39, 0.29) is 23.3 Å². The number of hydrogen-bond acceptors (Lipinski definition) is 7. The lowest BCUT2D eigenvalue weighted by atomic mass is 10.2. The van der Waals surface area contributed by atoms with Gasteiger partial charge < -0.3 is 25.8 Å². The smallest absolute Gasteiger partial charge is 0.271 e. The molecule has 0 atom stereocenters. The molecule has 9 heteroatoms. The number of nitrogens with zero attached hydrogens (tertiary/aromatic N) is 2. The average Bonchev–Trinajstić information content (AvgIpc) is 2.79. The van der Waals surface area contributed by atoms with Gasteiger partial charge in [0.15, 0.2) is 11.5 Å². The molecule has 1 heterocycles. The summed E-state index contributed by atoms with van der Waals surface area (Å²) in [4.78, 5) is 32.4. The number of primary amides is 1. The Morgan fingerprint density at radius 1 is 1.09 bits per heavy atom. The van der Waals surface area contributed by atoms with Gasteiger partial charge in [0, 0.05) is 17.4 Å². The second-order valence-corrected chi connectivity index (χ2v) is 6.57. The van der Waals surface area contributed by atoms with E-state index in [2.05, 4.69) is 27.2 Å². The molecule has 2 amide bonds. The van der Waals surface area contributed by atoms with Gasteiger partial charge in [-0.05, 0) is 48.9 Å². The number of carbonyl (C=O) groups excluding carboxylic acids is 2. The van der Waals surface area contributed by atoms with Crippen molar-refractivity contribution >= 4 is 29.0 Å². The Bertz CT molecular complexity index is 1150. The molecular formula is C23H23N5O4. The molecule has 0 aliphatic heterocycles. The molecular weight excluding hydrogens is 410 g/mol. The summed E-state index contributed by atoms with van der Waals surface area (Å²) in [5.41, 5.74) is 7.17. The summed E-state index contributed by atoms with van der Waals surface area (Å²) < 4.78 is 11.1. The maximum absolute atomic E-state index is 12.0. The number of ether oxygens (including phenoxy) is 2. The van der Waals surface area contributed by atoms with Gasteiger partial charge in [-0.2, -0.15) is 4.98 Å². The highest BCUT2D eigenvalue weighted by Crippen LogP contribution is 2.29. The van der Waals surface area contributed by atoms with Gasteiger partial charge in [0.05, 0.1) is 7.11 Å². The third-order valence-corrected chi connectivity index (χ3v) is 4.35. The Morgan fingerprint density at radius 3 is 2.47 bits per heavy atom. The largest absolute Gasteiger partial charge is 0.497 e. The van der Waals surface area contributed by atoms with Gasteiger partial charge in [-0.3, -0.25) is 9.59 Å². The minimum Gasteiger partial charge on any atom is -0.497 e. The van der Waals surface area contributed by atoms with Crippen LogP contribution in [0.2, 0.25) is 0 Å². The lowest BCUT2D eigenvalue weighted by Gasteiger charge is -2.15. The Labute approximate surface area is 185 Å². The zero-order valence-corrected chi connectivity index (χ0v) is 17.7. The lowest BCUT2D eigenvalue weighted by molar-refractivity contribution is -0.111. The third kappa shape index (κ3) is 5.39. The number of methoxy groups -OCH3 is 1. The van der Waals surface area contributed by atoms with Crippen molar-refractivity contribution in [2.45, 2.75) is 13.3 Å². The predicted molar refractivity (Wildman–Crippen MR) is 122 cm³/mol. The Morgan fingerprint density at radius 2 is 1.84 bits per heavy atom. The molecule has 32 heavy (non-hydrogen) atoms. The van der Waals surface area contributed by atoms with Crippen molar-refractivity contribution in [3.05, 3.63) is 72.6 Å². The lowest BCUT2D eigenvalue weighted by Crippen LogP contribution is -2.18. The van der Waals surface area contributed by atoms with E-state index in [1.54, 1.807) is 55.6 Å². The third-order valence-electron chi connectivity index (χ3n) is 4.35. The first-order valence-electron chi connectivity index (χ1n) is 9.76. The van der Waals surface area contributed by atoms with Crippen LogP contribution < -0.4 is 25.8 Å². The van der Waals surface area contributed by atoms with Crippen LogP contribution in [0.1, 0.15) is 23.1 Å². The standard InChI is InChI=1S/C23H23N5O4/c1-4-18-23(32-17-8-6-7-15(13-17)25-19(29)5-2)28-22(20(27-18)21(24)30)26-14-9-11-16(31-3)12-10-14/h5-13H,2,4H2,1,3H3,(H2,24,30)(H,25,29)(H,26,28). The molecule has 1 aromatic heterocycles. The molecule has 0 saturated carbocycles. The van der Waals surface area contributed by atoms with Crippen LogP contribution in [0.15, 0.2) is 61.2 Å². The van der Waals surface area contributed by atoms with Crippen LogP contribution in [-0.2, 0) is 11.2 Å². The molecule has 0 unspecified atom stereocenters. The van der Waals surface area contributed by atoms with Crippen LogP contribution in [0.5, 0.6) is 17.4 Å². The number of benzene rings is 2. The minimum absolute atomic E-state index is 0.00276. The Hall–Kier alpha value is -4.40. The second-order valence-electron chi connectivity index (χ2n) is 6.57. The van der Waals surface area contributed by atoms with Crippen LogP contribution in [0, 0.1) is 0 Å². The predicted octanol–water partition coefficient (Wildman–Crippen LogP) is 3.81. The average molecular weight is 433 g/mol. The van der Waals surface area contributed by atoms with E-state index in [9.17, 15) is 9.59 Å². The first-order valence-corrected chi connectivity index (χ1v) is 9.76. The fourth-order valence-electron chi connectivity index (χ4n) is 2.78. The van der Waals surface area contributed by atoms with Gasteiger partial charge in [0.25, 0.3) is 5.91 Å². The molecule has 0 bridgehead atoms. The SMILES string of the molecule is C=CC(=O)Nc1cccc(Oc2nc(Nc3ccc(OC)cc3)c(C(N)=O)nc2CC)c1. The molecule has 164 valence electrons. The van der Waals surface area contributed by atoms with Crippen molar-refractivity contribution in [2.24, 2.45) is 5.73 Å². The number of aromatic nitrogens is 2. The fourth-order valence-corrected chi connectivity index (χ4v) is 2.78. The number of nitrogens with two attached hydrogens (primary N) is 1. The maximum Gasteiger partial charge on any atom is 0.271 e. The molecule has 3 rings (SSSR count). The highest BCUT2D eigenvalue weighted by Gasteiger charge is 2.19. The summed E-state index contributed by atoms with van der Waals surface area (Å²) in [5.74, 6) is 0.423. The van der Waals surface area contributed by atoms with E-state index in [0.717, 1.165) is 0 Å². The summed E-state index contributed by atoms with van der Waals surface area (Å²) in [6.45, 7) is 5.29. The highest BCUT2D eigenvalue weighted by atomic mass is 16.5. The van der Waals surface area contributed by atoms with Gasteiger partial charge in [-0.15, -0.1) is 0 Å². The Balaban J connectivity index is 1.95. The maximum atomic E-state index is 12.0. The molecule has 0 aliphatic carbocycles. The first kappa shape index (κ1) is 22.3. The molecule has 9 nitrogen and oxygen atoms in total. The number of anilines is 3. The Kier molecular flexibility index (Phi) is 7.02. The van der Waals surface area contributed by atoms with Crippen molar-refractivity contribution in [3.8, 4) is 17.4 Å². The number of carbonyl (C=O) groups is 2. The topological polar surface area (TPSA) is 128 Å². The van der Waals surface area contributed by atoms with Crippen LogP contribution in [0.4, 0.5) is 17.2 Å². The van der Waals surface area contributed by atoms with E-state index < -0.39 is 5.91 Å². The molecule has 2 aromatic carbocycles. The van der Waals surface area contributed by atoms with E-state index in [1.165, 1.54) is 6.08 Å². The highest BCUT2D eigenvalue weighted by molar-refractivity contribution is 5.99. The van der Waals surface area contributed by atoms with Gasteiger partial charge in [-0.1, -0.05) is 19.6 Å². The summed E-state index contributed by atoms with van der Waals surface area (Å²) in [6, 6.07) is 13.9.